The highest BCUT2D eigenvalue weighted by atomic mass is 16.2. The van der Waals surface area contributed by atoms with E-state index < -0.39 is 0 Å². The lowest BCUT2D eigenvalue weighted by Crippen LogP contribution is -2.52. The topological polar surface area (TPSA) is 47.3 Å². The van der Waals surface area contributed by atoms with E-state index in [4.69, 9.17) is 0 Å². The molecule has 1 saturated heterocycles. The van der Waals surface area contributed by atoms with E-state index in [0.29, 0.717) is 19.0 Å². The van der Waals surface area contributed by atoms with E-state index in [9.17, 15) is 10.1 Å². The van der Waals surface area contributed by atoms with Gasteiger partial charge in [-0.3, -0.25) is 9.69 Å². The van der Waals surface area contributed by atoms with Gasteiger partial charge >= 0.3 is 0 Å². The molecule has 0 spiro atoms. The first-order valence-electron chi connectivity index (χ1n) is 8.77. The molecule has 0 aromatic heterocycles. The van der Waals surface area contributed by atoms with Gasteiger partial charge in [0.15, 0.2) is 0 Å². The molecule has 0 saturated carbocycles. The SMILES string of the molecule is CC(C)c1ccc(C(C#N)N2CCN(C(=O)C(C)(C)C)CC2)cc1. The number of rotatable bonds is 3. The Morgan fingerprint density at radius 3 is 1.96 bits per heavy atom. The molecule has 0 radical (unpaired) electrons. The highest BCUT2D eigenvalue weighted by Gasteiger charge is 2.31. The molecule has 1 atom stereocenters. The Labute approximate surface area is 146 Å². The molecule has 130 valence electrons. The minimum Gasteiger partial charge on any atom is -0.340 e. The number of hydrogen-bond acceptors (Lipinski definition) is 3. The summed E-state index contributed by atoms with van der Waals surface area (Å²) in [5.41, 5.74) is 1.98. The lowest BCUT2D eigenvalue weighted by atomic mass is 9.94. The predicted molar refractivity (Wildman–Crippen MR) is 96.5 cm³/mol. The van der Waals surface area contributed by atoms with Crippen LogP contribution in [0.2, 0.25) is 0 Å². The average Bonchev–Trinajstić information content (AvgIpc) is 2.55. The summed E-state index contributed by atoms with van der Waals surface area (Å²) in [6.07, 6.45) is 0. The van der Waals surface area contributed by atoms with Crippen LogP contribution in [0.4, 0.5) is 0 Å². The van der Waals surface area contributed by atoms with Crippen LogP contribution < -0.4 is 0 Å². The van der Waals surface area contributed by atoms with Gasteiger partial charge in [-0.2, -0.15) is 5.26 Å². The Balaban J connectivity index is 2.03. The van der Waals surface area contributed by atoms with Gasteiger partial charge in [0.1, 0.15) is 6.04 Å². The lowest BCUT2D eigenvalue weighted by molar-refractivity contribution is -0.141. The molecule has 1 amide bonds. The monoisotopic (exact) mass is 327 g/mol. The van der Waals surface area contributed by atoms with E-state index in [1.54, 1.807) is 0 Å². The maximum absolute atomic E-state index is 12.4. The predicted octanol–water partition coefficient (Wildman–Crippen LogP) is 3.56. The zero-order valence-corrected chi connectivity index (χ0v) is 15.5. The van der Waals surface area contributed by atoms with Crippen molar-refractivity contribution < 1.29 is 4.79 Å². The summed E-state index contributed by atoms with van der Waals surface area (Å²) >= 11 is 0. The second-order valence-electron chi connectivity index (χ2n) is 7.93. The number of piperazine rings is 1. The van der Waals surface area contributed by atoms with Crippen molar-refractivity contribution in [3.05, 3.63) is 35.4 Å². The number of hydrogen-bond donors (Lipinski definition) is 0. The van der Waals surface area contributed by atoms with Crippen LogP contribution in [-0.2, 0) is 4.79 Å². The van der Waals surface area contributed by atoms with Gasteiger partial charge in [-0.1, -0.05) is 58.9 Å². The van der Waals surface area contributed by atoms with E-state index in [1.165, 1.54) is 5.56 Å². The van der Waals surface area contributed by atoms with E-state index >= 15 is 0 Å². The summed E-state index contributed by atoms with van der Waals surface area (Å²) in [4.78, 5) is 16.5. The van der Waals surface area contributed by atoms with Crippen molar-refractivity contribution in [3.63, 3.8) is 0 Å². The Kier molecular flexibility index (Phi) is 5.66. The Bertz CT molecular complexity index is 599. The minimum atomic E-state index is -0.344. The van der Waals surface area contributed by atoms with Gasteiger partial charge in [0.05, 0.1) is 6.07 Å². The molecule has 0 N–H and O–H groups in total. The molecular weight excluding hydrogens is 298 g/mol. The van der Waals surface area contributed by atoms with Crippen LogP contribution in [0, 0.1) is 16.7 Å². The van der Waals surface area contributed by atoms with Crippen LogP contribution >= 0.6 is 0 Å². The zero-order chi connectivity index (χ0) is 17.9. The molecule has 4 nitrogen and oxygen atoms in total. The fourth-order valence-electron chi connectivity index (χ4n) is 3.09. The molecule has 1 aliphatic rings. The van der Waals surface area contributed by atoms with E-state index in [1.807, 2.05) is 25.7 Å². The van der Waals surface area contributed by atoms with Crippen molar-refractivity contribution in [1.82, 2.24) is 9.80 Å². The first kappa shape index (κ1) is 18.5. The first-order valence-corrected chi connectivity index (χ1v) is 8.77. The third-order valence-electron chi connectivity index (χ3n) is 4.65. The third kappa shape index (κ3) is 4.15. The second-order valence-corrected chi connectivity index (χ2v) is 7.93. The zero-order valence-electron chi connectivity index (χ0n) is 15.5. The van der Waals surface area contributed by atoms with Gasteiger partial charge in [0, 0.05) is 31.6 Å². The summed E-state index contributed by atoms with van der Waals surface area (Å²) in [6.45, 7) is 13.1. The van der Waals surface area contributed by atoms with Crippen LogP contribution in [0.5, 0.6) is 0 Å². The van der Waals surface area contributed by atoms with E-state index in [2.05, 4.69) is 49.1 Å². The molecule has 0 bridgehead atoms. The molecule has 1 aromatic rings. The van der Waals surface area contributed by atoms with Gasteiger partial charge in [-0.25, -0.2) is 0 Å². The van der Waals surface area contributed by atoms with Crippen LogP contribution in [0.15, 0.2) is 24.3 Å². The van der Waals surface area contributed by atoms with Crippen molar-refractivity contribution in [2.24, 2.45) is 5.41 Å². The van der Waals surface area contributed by atoms with Crippen LogP contribution in [-0.4, -0.2) is 41.9 Å². The maximum atomic E-state index is 12.4. The van der Waals surface area contributed by atoms with Crippen molar-refractivity contribution in [3.8, 4) is 6.07 Å². The van der Waals surface area contributed by atoms with Crippen molar-refractivity contribution in [1.29, 1.82) is 5.26 Å². The molecule has 4 heteroatoms. The molecule has 1 heterocycles. The van der Waals surface area contributed by atoms with E-state index in [0.717, 1.165) is 18.7 Å². The quantitative estimate of drug-likeness (QED) is 0.853. The van der Waals surface area contributed by atoms with Crippen molar-refractivity contribution in [2.75, 3.05) is 26.2 Å². The molecule has 1 fully saturated rings. The molecule has 1 aliphatic heterocycles. The van der Waals surface area contributed by atoms with Gasteiger partial charge < -0.3 is 4.90 Å². The highest BCUT2D eigenvalue weighted by Crippen LogP contribution is 2.25. The third-order valence-corrected chi connectivity index (χ3v) is 4.65. The number of carbonyl (C=O) groups excluding carboxylic acids is 1. The number of nitriles is 1. The van der Waals surface area contributed by atoms with Gasteiger partial charge in [0.2, 0.25) is 5.91 Å². The molecule has 24 heavy (non-hydrogen) atoms. The van der Waals surface area contributed by atoms with Crippen molar-refractivity contribution >= 4 is 5.91 Å². The smallest absolute Gasteiger partial charge is 0.228 e. The summed E-state index contributed by atoms with van der Waals surface area (Å²) in [7, 11) is 0. The highest BCUT2D eigenvalue weighted by molar-refractivity contribution is 5.81. The van der Waals surface area contributed by atoms with Crippen LogP contribution in [0.3, 0.4) is 0 Å². The fourth-order valence-corrected chi connectivity index (χ4v) is 3.09. The summed E-state index contributed by atoms with van der Waals surface area (Å²) in [5.74, 6) is 0.684. The molecular formula is C20H29N3O. The molecule has 1 aromatic carbocycles. The first-order chi connectivity index (χ1) is 11.2. The summed E-state index contributed by atoms with van der Waals surface area (Å²) in [6, 6.07) is 10.6. The Hall–Kier alpha value is -1.86. The maximum Gasteiger partial charge on any atom is 0.228 e. The number of amides is 1. The van der Waals surface area contributed by atoms with Crippen molar-refractivity contribution in [2.45, 2.75) is 46.6 Å². The van der Waals surface area contributed by atoms with Gasteiger partial charge in [0.25, 0.3) is 0 Å². The number of benzene rings is 1. The average molecular weight is 327 g/mol. The molecule has 2 rings (SSSR count). The Morgan fingerprint density at radius 1 is 1.04 bits per heavy atom. The lowest BCUT2D eigenvalue weighted by Gasteiger charge is -2.39. The minimum absolute atomic E-state index is 0.192. The van der Waals surface area contributed by atoms with E-state index in [-0.39, 0.29) is 17.4 Å². The van der Waals surface area contributed by atoms with Gasteiger partial charge in [-0.15, -0.1) is 0 Å². The Morgan fingerprint density at radius 2 is 1.54 bits per heavy atom. The number of nitrogens with zero attached hydrogens (tertiary/aromatic N) is 3. The largest absolute Gasteiger partial charge is 0.340 e. The standard InChI is InChI=1S/C20H29N3O/c1-15(2)16-6-8-17(9-7-16)18(14-21)22-10-12-23(13-11-22)19(24)20(3,4)5/h6-9,15,18H,10-13H2,1-5H3. The molecule has 1 unspecified atom stereocenters. The summed E-state index contributed by atoms with van der Waals surface area (Å²) in [5, 5.41) is 9.64. The fraction of sp³-hybridized carbons (Fsp3) is 0.600. The second kappa shape index (κ2) is 7.36. The number of carbonyl (C=O) groups is 1. The normalized spacial score (nSPS) is 17.6. The molecule has 0 aliphatic carbocycles. The van der Waals surface area contributed by atoms with Gasteiger partial charge in [-0.05, 0) is 17.0 Å². The summed E-state index contributed by atoms with van der Waals surface area (Å²) < 4.78 is 0. The van der Waals surface area contributed by atoms with Crippen LogP contribution in [0.1, 0.15) is 57.7 Å². The van der Waals surface area contributed by atoms with Crippen LogP contribution in [0.25, 0.3) is 0 Å².